The van der Waals surface area contributed by atoms with Gasteiger partial charge in [-0.2, -0.15) is 0 Å². The van der Waals surface area contributed by atoms with E-state index >= 15 is 0 Å². The van der Waals surface area contributed by atoms with Gasteiger partial charge in [-0.25, -0.2) is 0 Å². The van der Waals surface area contributed by atoms with Crippen molar-refractivity contribution in [2.45, 2.75) is 227 Å². The van der Waals surface area contributed by atoms with Crippen LogP contribution in [0.5, 0.6) is 0 Å². The molecule has 6 heterocycles. The largest absolute Gasteiger partial charge is 0.394 e. The average molecular weight is 1030 g/mol. The molecule has 412 valence electrons. The molecule has 72 heavy (non-hydrogen) atoms. The van der Waals surface area contributed by atoms with E-state index < -0.39 is 160 Å². The number of aliphatic hydroxyl groups excluding tert-OH is 12. The molecule has 22 heteroatoms. The maximum atomic E-state index is 12.0. The van der Waals surface area contributed by atoms with Crippen LogP contribution in [-0.4, -0.2) is 229 Å². The van der Waals surface area contributed by atoms with Gasteiger partial charge in [-0.1, -0.05) is 39.3 Å². The second-order valence-electron chi connectivity index (χ2n) is 23.5. The Kier molecular flexibility index (Phi) is 15.5. The molecule has 1 spiro atoms. The number of allylic oxidation sites excluding steroid dienone is 1. The maximum Gasteiger partial charge on any atom is 0.187 e. The van der Waals surface area contributed by atoms with Crippen molar-refractivity contribution in [3.63, 3.8) is 0 Å². The van der Waals surface area contributed by atoms with Crippen LogP contribution in [0, 0.1) is 46.3 Å². The van der Waals surface area contributed by atoms with Crippen LogP contribution in [0.15, 0.2) is 11.6 Å². The smallest absolute Gasteiger partial charge is 0.187 e. The Hall–Kier alpha value is -1.14. The lowest BCUT2D eigenvalue weighted by atomic mass is 9.46. The van der Waals surface area contributed by atoms with Crippen molar-refractivity contribution in [1.29, 1.82) is 0 Å². The number of aliphatic hydroxyl groups is 12. The highest BCUT2D eigenvalue weighted by atomic mass is 16.8. The molecule has 6 aliphatic heterocycles. The molecule has 0 aromatic heterocycles. The molecule has 12 N–H and O–H groups in total. The molecule has 31 atom stereocenters. The zero-order valence-corrected chi connectivity index (χ0v) is 41.7. The summed E-state index contributed by atoms with van der Waals surface area (Å²) in [5.74, 6) is 1.11. The summed E-state index contributed by atoms with van der Waals surface area (Å²) < 4.78 is 63.0. The summed E-state index contributed by atoms with van der Waals surface area (Å²) in [4.78, 5) is 0. The summed E-state index contributed by atoms with van der Waals surface area (Å²) >= 11 is 0. The summed E-state index contributed by atoms with van der Waals surface area (Å²) in [6.07, 6.45) is -24.9. The normalized spacial score (nSPS) is 57.8. The third kappa shape index (κ3) is 8.99. The van der Waals surface area contributed by atoms with E-state index in [2.05, 4.69) is 33.8 Å². The van der Waals surface area contributed by atoms with Gasteiger partial charge in [-0.3, -0.25) is 0 Å². The highest BCUT2D eigenvalue weighted by Crippen LogP contribution is 2.71. The van der Waals surface area contributed by atoms with Crippen molar-refractivity contribution in [3.05, 3.63) is 11.6 Å². The Morgan fingerprint density at radius 2 is 1.29 bits per heavy atom. The van der Waals surface area contributed by atoms with E-state index in [9.17, 15) is 61.3 Å². The lowest BCUT2D eigenvalue weighted by molar-refractivity contribution is -0.401. The van der Waals surface area contributed by atoms with Crippen molar-refractivity contribution in [2.75, 3.05) is 26.4 Å². The predicted molar refractivity (Wildman–Crippen MR) is 242 cm³/mol. The quantitative estimate of drug-likeness (QED) is 0.102. The van der Waals surface area contributed by atoms with Crippen molar-refractivity contribution in [3.8, 4) is 0 Å². The molecule has 3 saturated carbocycles. The predicted octanol–water partition coefficient (Wildman–Crippen LogP) is -2.35. The van der Waals surface area contributed by atoms with Gasteiger partial charge in [-0.05, 0) is 80.5 Å². The highest BCUT2D eigenvalue weighted by Gasteiger charge is 2.70. The molecular formula is C50H80O22. The van der Waals surface area contributed by atoms with E-state index in [-0.39, 0.29) is 35.7 Å². The second-order valence-corrected chi connectivity index (χ2v) is 23.5. The first-order valence-electron chi connectivity index (χ1n) is 26.4. The molecule has 0 amide bonds. The Labute approximate surface area is 419 Å². The molecular weight excluding hydrogens is 953 g/mol. The Bertz CT molecular complexity index is 1910. The lowest BCUT2D eigenvalue weighted by Gasteiger charge is -2.61. The first-order valence-corrected chi connectivity index (χ1v) is 26.4. The molecule has 0 aromatic carbocycles. The van der Waals surface area contributed by atoms with E-state index in [1.807, 2.05) is 0 Å². The van der Waals surface area contributed by atoms with Gasteiger partial charge in [0.05, 0.1) is 50.8 Å². The topological polar surface area (TPSA) is 335 Å². The number of ether oxygens (including phenoxy) is 10. The monoisotopic (exact) mass is 1030 g/mol. The van der Waals surface area contributed by atoms with Crippen molar-refractivity contribution >= 4 is 0 Å². The van der Waals surface area contributed by atoms with Crippen molar-refractivity contribution < 1.29 is 109 Å². The van der Waals surface area contributed by atoms with Gasteiger partial charge in [0, 0.05) is 24.2 Å². The van der Waals surface area contributed by atoms with Gasteiger partial charge in [0.2, 0.25) is 0 Å². The van der Waals surface area contributed by atoms with Gasteiger partial charge < -0.3 is 109 Å². The molecule has 10 aliphatic rings. The van der Waals surface area contributed by atoms with Crippen LogP contribution in [0.1, 0.15) is 86.0 Å². The third-order valence-electron chi connectivity index (χ3n) is 19.5. The molecule has 7 unspecified atom stereocenters. The molecule has 0 bridgehead atoms. The van der Waals surface area contributed by atoms with E-state index in [0.29, 0.717) is 30.8 Å². The zero-order chi connectivity index (χ0) is 51.5. The summed E-state index contributed by atoms with van der Waals surface area (Å²) in [6, 6.07) is 0. The molecule has 22 nitrogen and oxygen atoms in total. The van der Waals surface area contributed by atoms with Gasteiger partial charge in [0.25, 0.3) is 0 Å². The summed E-state index contributed by atoms with van der Waals surface area (Å²) in [6.45, 7) is 9.25. The summed E-state index contributed by atoms with van der Waals surface area (Å²) in [5, 5.41) is 131. The van der Waals surface area contributed by atoms with E-state index in [1.54, 1.807) is 0 Å². The number of rotatable bonds is 10. The highest BCUT2D eigenvalue weighted by molar-refractivity contribution is 5.29. The zero-order valence-electron chi connectivity index (χ0n) is 41.7. The van der Waals surface area contributed by atoms with Crippen LogP contribution in [-0.2, 0) is 47.4 Å². The van der Waals surface area contributed by atoms with Crippen molar-refractivity contribution in [2.24, 2.45) is 46.3 Å². The van der Waals surface area contributed by atoms with Crippen LogP contribution < -0.4 is 0 Å². The molecule has 10 rings (SSSR count). The minimum Gasteiger partial charge on any atom is -0.394 e. The van der Waals surface area contributed by atoms with Crippen LogP contribution in [0.25, 0.3) is 0 Å². The van der Waals surface area contributed by atoms with E-state index in [4.69, 9.17) is 47.4 Å². The molecule has 4 aliphatic carbocycles. The van der Waals surface area contributed by atoms with Crippen LogP contribution in [0.4, 0.5) is 0 Å². The van der Waals surface area contributed by atoms with Gasteiger partial charge in [0.15, 0.2) is 30.9 Å². The Balaban J connectivity index is 0.950. The third-order valence-corrected chi connectivity index (χ3v) is 19.5. The molecule has 0 aromatic rings. The minimum absolute atomic E-state index is 0.0147. The van der Waals surface area contributed by atoms with Gasteiger partial charge in [0.1, 0.15) is 85.5 Å². The van der Waals surface area contributed by atoms with Gasteiger partial charge >= 0.3 is 0 Å². The van der Waals surface area contributed by atoms with Crippen LogP contribution in [0.3, 0.4) is 0 Å². The molecule has 9 fully saturated rings. The Morgan fingerprint density at radius 3 is 2.00 bits per heavy atom. The second kappa shape index (κ2) is 20.6. The van der Waals surface area contributed by atoms with Crippen molar-refractivity contribution in [1.82, 2.24) is 0 Å². The number of fused-ring (bicyclic) bond motifs is 7. The number of hydrogen-bond acceptors (Lipinski definition) is 22. The maximum absolute atomic E-state index is 12.0. The first-order chi connectivity index (χ1) is 34.1. The first kappa shape index (κ1) is 54.2. The SMILES string of the molecule is CC1C2C(CC3C4CC=C5C[C@@H](O)C[C@@H](O[C@@H]6O[C@H](CO)[C@@H](O)[C@H](O[C@@H]7OC[C@@H](O)[C@H](O)[C@H]7O)[C@H]6O[C@@H]6O[C@@H](C)[C@H](O)[C@@H](O[C@@H]7O[C@H](CO)[C@@H](O)[C@H](O)[C@H]7O)[C@H]6O)[C@]5(C)C4CC[C@@]32C)OC12CC[C@H](C)CO2. The minimum atomic E-state index is -1.95. The number of hydrogen-bond donors (Lipinski definition) is 12. The fraction of sp³-hybridized carbons (Fsp3) is 0.960. The summed E-state index contributed by atoms with van der Waals surface area (Å²) in [5.41, 5.74) is 0.342. The fourth-order valence-corrected chi connectivity index (χ4v) is 15.3. The standard InChI is InChI=1S/C50H80O22/c1-19-8-11-50(64-17-19)20(2)32-28(72-50)14-26-24-7-6-22-12-23(53)13-31(49(22,5)25(24)9-10-48(26,32)4)68-47-43(42(36(58)30(16-52)67-47)70-44-38(60)34(56)27(54)18-63-44)71-46-40(62)41(33(55)21(3)65-46)69-45-39(61)37(59)35(57)29(15-51)66-45/h6,19-21,23-47,51-62H,7-18H2,1-5H3/t19-,20?,21-,23+,24?,25?,26?,27+,28?,29+,30+,31+,32?,33-,34-,35+,36+,37-,38+,39+,40+,41+,42-,43+,44-,45-,46-,47-,48-,49-,50?/m0/s1. The van der Waals surface area contributed by atoms with E-state index in [0.717, 1.165) is 44.1 Å². The van der Waals surface area contributed by atoms with Crippen LogP contribution in [0.2, 0.25) is 0 Å². The summed E-state index contributed by atoms with van der Waals surface area (Å²) in [7, 11) is 0. The lowest BCUT2D eigenvalue weighted by Crippen LogP contribution is -2.68. The average Bonchev–Trinajstić information content (AvgIpc) is 3.80. The van der Waals surface area contributed by atoms with Crippen LogP contribution >= 0.6 is 0 Å². The van der Waals surface area contributed by atoms with E-state index in [1.165, 1.54) is 6.92 Å². The molecule has 6 saturated heterocycles. The molecule has 0 radical (unpaired) electrons. The Morgan fingerprint density at radius 1 is 0.625 bits per heavy atom. The fourth-order valence-electron chi connectivity index (χ4n) is 15.3. The van der Waals surface area contributed by atoms with Gasteiger partial charge in [-0.15, -0.1) is 0 Å².